The summed E-state index contributed by atoms with van der Waals surface area (Å²) in [5.41, 5.74) is 1.71. The van der Waals surface area contributed by atoms with E-state index in [1.54, 1.807) is 37.4 Å². The highest BCUT2D eigenvalue weighted by Gasteiger charge is 2.28. The quantitative estimate of drug-likeness (QED) is 0.687. The van der Waals surface area contributed by atoms with Crippen molar-refractivity contribution in [1.82, 2.24) is 14.8 Å². The second kappa shape index (κ2) is 11.2. The summed E-state index contributed by atoms with van der Waals surface area (Å²) in [7, 11) is -0.118. The van der Waals surface area contributed by atoms with Crippen LogP contribution < -0.4 is 9.46 Å². The maximum Gasteiger partial charge on any atom is 0.257 e. The third-order valence-corrected chi connectivity index (χ3v) is 6.59. The molecule has 9 nitrogen and oxygen atoms in total. The first kappa shape index (κ1) is 25.9. The third-order valence-electron chi connectivity index (χ3n) is 5.99. The van der Waals surface area contributed by atoms with Gasteiger partial charge in [-0.15, -0.1) is 0 Å². The number of likely N-dealkylation sites (N-methyl/N-ethyl adjacent to an activating group) is 1. The number of fused-ring (bicyclic) bond motifs is 1. The van der Waals surface area contributed by atoms with Gasteiger partial charge in [-0.1, -0.05) is 13.0 Å². The molecule has 2 heterocycles. The molecule has 0 radical (unpaired) electrons. The molecule has 2 aromatic rings. The van der Waals surface area contributed by atoms with Gasteiger partial charge in [0.1, 0.15) is 12.4 Å². The highest BCUT2D eigenvalue weighted by molar-refractivity contribution is 7.92. The average Bonchev–Trinajstić information content (AvgIpc) is 2.79. The highest BCUT2D eigenvalue weighted by Crippen LogP contribution is 2.27. The zero-order valence-corrected chi connectivity index (χ0v) is 21.2. The van der Waals surface area contributed by atoms with E-state index >= 15 is 0 Å². The minimum Gasteiger partial charge on any atom is -0.491 e. The van der Waals surface area contributed by atoms with Crippen molar-refractivity contribution in [2.75, 3.05) is 44.8 Å². The van der Waals surface area contributed by atoms with E-state index in [9.17, 15) is 13.2 Å². The van der Waals surface area contributed by atoms with E-state index in [4.69, 9.17) is 9.47 Å². The van der Waals surface area contributed by atoms with Crippen LogP contribution in [0.2, 0.25) is 0 Å². The van der Waals surface area contributed by atoms with Crippen LogP contribution in [0.5, 0.6) is 5.75 Å². The van der Waals surface area contributed by atoms with Gasteiger partial charge in [-0.05, 0) is 42.7 Å². The van der Waals surface area contributed by atoms with E-state index in [0.29, 0.717) is 36.7 Å². The second-order valence-electron chi connectivity index (χ2n) is 8.97. The lowest BCUT2D eigenvalue weighted by Gasteiger charge is -2.36. The summed E-state index contributed by atoms with van der Waals surface area (Å²) in [6.45, 7) is 6.40. The number of benzene rings is 1. The molecule has 0 saturated heterocycles. The number of rotatable bonds is 5. The number of nitrogens with one attached hydrogen (secondary N) is 1. The van der Waals surface area contributed by atoms with Gasteiger partial charge < -0.3 is 14.4 Å². The Balaban J connectivity index is 1.96. The van der Waals surface area contributed by atoms with Crippen molar-refractivity contribution >= 4 is 21.6 Å². The minimum atomic E-state index is -3.49. The monoisotopic (exact) mass is 490 g/mol. The molecule has 1 aromatic heterocycles. The number of hydrogen-bond acceptors (Lipinski definition) is 7. The lowest BCUT2D eigenvalue weighted by atomic mass is 10.0. The van der Waals surface area contributed by atoms with Gasteiger partial charge in [-0.2, -0.15) is 0 Å². The fraction of sp³-hybridized carbons (Fsp3) is 0.500. The molecule has 1 N–H and O–H groups in total. The number of amides is 1. The summed E-state index contributed by atoms with van der Waals surface area (Å²) < 4.78 is 37.7. The molecule has 3 atom stereocenters. The molecule has 0 fully saturated rings. The molecular formula is C24H34N4O5S. The van der Waals surface area contributed by atoms with Crippen LogP contribution in [-0.2, 0) is 21.3 Å². The van der Waals surface area contributed by atoms with E-state index < -0.39 is 10.0 Å². The summed E-state index contributed by atoms with van der Waals surface area (Å²) >= 11 is 0. The number of anilines is 1. The van der Waals surface area contributed by atoms with Crippen LogP contribution >= 0.6 is 0 Å². The van der Waals surface area contributed by atoms with Crippen LogP contribution in [0.3, 0.4) is 0 Å². The molecule has 34 heavy (non-hydrogen) atoms. The Kier molecular flexibility index (Phi) is 8.51. The summed E-state index contributed by atoms with van der Waals surface area (Å²) in [6.07, 6.45) is 4.51. The largest absolute Gasteiger partial charge is 0.491 e. The first-order valence-corrected chi connectivity index (χ1v) is 13.1. The van der Waals surface area contributed by atoms with Crippen LogP contribution in [0.25, 0.3) is 0 Å². The fourth-order valence-electron chi connectivity index (χ4n) is 4.08. The fourth-order valence-corrected chi connectivity index (χ4v) is 4.63. The molecule has 186 valence electrons. The van der Waals surface area contributed by atoms with E-state index in [1.165, 1.54) is 6.07 Å². The summed E-state index contributed by atoms with van der Waals surface area (Å²) in [6, 6.07) is 8.76. The first-order chi connectivity index (χ1) is 16.1. The lowest BCUT2D eigenvalue weighted by Crippen LogP contribution is -2.46. The van der Waals surface area contributed by atoms with Gasteiger partial charge in [-0.25, -0.2) is 8.42 Å². The van der Waals surface area contributed by atoms with Crippen LogP contribution in [0.1, 0.15) is 29.8 Å². The van der Waals surface area contributed by atoms with Crippen LogP contribution in [0.4, 0.5) is 5.69 Å². The molecule has 0 spiro atoms. The standard InChI is InChI=1S/C24H34N4O5S/c1-17-13-28(14-19-7-6-10-25-12-19)18(2)16-33-22-9-8-20(26-34(5,30)31)11-21(22)24(29)27(3)15-23(17)32-4/h6-12,17-18,23,26H,13-16H2,1-5H3/t17-,18+,23+/m1/s1. The molecule has 0 bridgehead atoms. The zero-order valence-electron chi connectivity index (χ0n) is 20.4. The van der Waals surface area contributed by atoms with Crippen molar-refractivity contribution in [2.45, 2.75) is 32.5 Å². The van der Waals surface area contributed by atoms with E-state index in [0.717, 1.165) is 18.4 Å². The molecule has 10 heteroatoms. The molecule has 1 aliphatic heterocycles. The summed E-state index contributed by atoms with van der Waals surface area (Å²) in [4.78, 5) is 21.5. The number of carbonyl (C=O) groups is 1. The Labute approximate surface area is 202 Å². The maximum atomic E-state index is 13.3. The van der Waals surface area contributed by atoms with Crippen LogP contribution in [-0.4, -0.2) is 81.4 Å². The predicted molar refractivity (Wildman–Crippen MR) is 131 cm³/mol. The summed E-state index contributed by atoms with van der Waals surface area (Å²) in [5, 5.41) is 0. The molecule has 0 saturated carbocycles. The van der Waals surface area contributed by atoms with Crippen molar-refractivity contribution in [2.24, 2.45) is 5.92 Å². The van der Waals surface area contributed by atoms with Gasteiger partial charge in [0.2, 0.25) is 10.0 Å². The Morgan fingerprint density at radius 2 is 2.00 bits per heavy atom. The number of carbonyl (C=O) groups excluding carboxylic acids is 1. The number of pyridine rings is 1. The highest BCUT2D eigenvalue weighted by atomic mass is 32.2. The second-order valence-corrected chi connectivity index (χ2v) is 10.7. The number of aromatic nitrogens is 1. The van der Waals surface area contributed by atoms with Crippen LogP contribution in [0.15, 0.2) is 42.7 Å². The molecule has 1 aromatic carbocycles. The molecule has 0 unspecified atom stereocenters. The topological polar surface area (TPSA) is 101 Å². The van der Waals surface area contributed by atoms with Crippen LogP contribution in [0, 0.1) is 5.92 Å². The number of sulfonamides is 1. The Morgan fingerprint density at radius 3 is 2.65 bits per heavy atom. The normalized spacial score (nSPS) is 22.8. The van der Waals surface area contributed by atoms with Gasteiger partial charge in [0, 0.05) is 57.9 Å². The predicted octanol–water partition coefficient (Wildman–Crippen LogP) is 2.46. The zero-order chi connectivity index (χ0) is 24.9. The minimum absolute atomic E-state index is 0.0362. The number of nitrogens with zero attached hydrogens (tertiary/aromatic N) is 3. The Hall–Kier alpha value is -2.69. The van der Waals surface area contributed by atoms with E-state index in [2.05, 4.69) is 28.5 Å². The summed E-state index contributed by atoms with van der Waals surface area (Å²) in [5.74, 6) is 0.282. The van der Waals surface area contributed by atoms with Crippen molar-refractivity contribution in [3.8, 4) is 5.75 Å². The van der Waals surface area contributed by atoms with Gasteiger partial charge in [0.25, 0.3) is 5.91 Å². The third kappa shape index (κ3) is 6.91. The van der Waals surface area contributed by atoms with E-state index in [1.807, 2.05) is 18.3 Å². The van der Waals surface area contributed by atoms with Gasteiger partial charge in [0.05, 0.1) is 17.9 Å². The molecule has 1 aliphatic rings. The maximum absolute atomic E-state index is 13.3. The van der Waals surface area contributed by atoms with Gasteiger partial charge in [0.15, 0.2) is 0 Å². The van der Waals surface area contributed by atoms with Crippen molar-refractivity contribution in [3.05, 3.63) is 53.9 Å². The molecular weight excluding hydrogens is 456 g/mol. The van der Waals surface area contributed by atoms with E-state index in [-0.39, 0.29) is 24.0 Å². The van der Waals surface area contributed by atoms with Gasteiger partial charge in [-0.3, -0.25) is 19.4 Å². The Morgan fingerprint density at radius 1 is 1.24 bits per heavy atom. The first-order valence-electron chi connectivity index (χ1n) is 11.2. The number of hydrogen-bond donors (Lipinski definition) is 1. The Bertz CT molecular complexity index is 1080. The molecule has 1 amide bonds. The van der Waals surface area contributed by atoms with Gasteiger partial charge >= 0.3 is 0 Å². The molecule has 3 rings (SSSR count). The van der Waals surface area contributed by atoms with Crippen molar-refractivity contribution < 1.29 is 22.7 Å². The SMILES string of the molecule is CO[C@H]1CN(C)C(=O)c2cc(NS(C)(=O)=O)ccc2OC[C@H](C)N(Cc2cccnc2)C[C@H]1C. The average molecular weight is 491 g/mol. The van der Waals surface area contributed by atoms with Crippen molar-refractivity contribution in [3.63, 3.8) is 0 Å². The lowest BCUT2D eigenvalue weighted by molar-refractivity contribution is 0.00920. The number of methoxy groups -OCH3 is 1. The molecule has 0 aliphatic carbocycles. The smallest absolute Gasteiger partial charge is 0.257 e. The number of ether oxygens (including phenoxy) is 2. The van der Waals surface area contributed by atoms with Crippen molar-refractivity contribution in [1.29, 1.82) is 0 Å².